The molecule has 0 spiro atoms. The molecule has 2 aromatic rings. The fourth-order valence-electron chi connectivity index (χ4n) is 4.57. The third kappa shape index (κ3) is 5.29. The van der Waals surface area contributed by atoms with E-state index >= 15 is 0 Å². The summed E-state index contributed by atoms with van der Waals surface area (Å²) in [6.45, 7) is 0.733. The largest absolute Gasteiger partial charge is 0.393 e. The average Bonchev–Trinajstić information content (AvgIpc) is 3.12. The van der Waals surface area contributed by atoms with Gasteiger partial charge in [0.1, 0.15) is 12.4 Å². The van der Waals surface area contributed by atoms with Gasteiger partial charge >= 0.3 is 0 Å². The van der Waals surface area contributed by atoms with E-state index in [0.717, 1.165) is 38.6 Å². The maximum absolute atomic E-state index is 11.0. The van der Waals surface area contributed by atoms with Gasteiger partial charge < -0.3 is 19.4 Å². The highest BCUT2D eigenvalue weighted by molar-refractivity contribution is 5.83. The van der Waals surface area contributed by atoms with Gasteiger partial charge in [-0.2, -0.15) is 0 Å². The minimum Gasteiger partial charge on any atom is -0.393 e. The van der Waals surface area contributed by atoms with Crippen molar-refractivity contribution < 1.29 is 19.4 Å². The molecule has 1 aliphatic carbocycles. The molecular formula is C26H30O4. The van der Waals surface area contributed by atoms with Crippen LogP contribution in [0.2, 0.25) is 0 Å². The van der Waals surface area contributed by atoms with Crippen LogP contribution in [0.15, 0.2) is 42.5 Å². The highest BCUT2D eigenvalue weighted by Gasteiger charge is 2.33. The van der Waals surface area contributed by atoms with E-state index in [1.807, 2.05) is 12.1 Å². The molecule has 1 saturated carbocycles. The summed E-state index contributed by atoms with van der Waals surface area (Å²) in [7, 11) is 0. The van der Waals surface area contributed by atoms with Crippen molar-refractivity contribution in [3.05, 3.63) is 48.0 Å². The van der Waals surface area contributed by atoms with Gasteiger partial charge in [-0.05, 0) is 48.4 Å². The molecule has 158 valence electrons. The van der Waals surface area contributed by atoms with Crippen molar-refractivity contribution >= 4 is 17.1 Å². The van der Waals surface area contributed by atoms with Crippen LogP contribution in [0.25, 0.3) is 10.8 Å². The van der Waals surface area contributed by atoms with Crippen LogP contribution in [-0.4, -0.2) is 36.5 Å². The number of aliphatic hydroxyl groups is 1. The molecular weight excluding hydrogens is 376 g/mol. The Bertz CT molecular complexity index is 906. The number of carbonyl (C=O) groups excluding carboxylic acids is 1. The molecule has 1 heterocycles. The SMILES string of the molecule is O=CCC1C(O)CCC1C#CC(Cc1ccc2ccccc2c1)OC1CCCCO1. The highest BCUT2D eigenvalue weighted by atomic mass is 16.7. The minimum absolute atomic E-state index is 0.0418. The lowest BCUT2D eigenvalue weighted by Crippen LogP contribution is -2.28. The van der Waals surface area contributed by atoms with E-state index in [1.54, 1.807) is 0 Å². The summed E-state index contributed by atoms with van der Waals surface area (Å²) in [5.74, 6) is 6.65. The summed E-state index contributed by atoms with van der Waals surface area (Å²) in [5, 5.41) is 12.6. The fourth-order valence-corrected chi connectivity index (χ4v) is 4.57. The Morgan fingerprint density at radius 2 is 2.00 bits per heavy atom. The Kier molecular flexibility index (Phi) is 7.17. The normalized spacial score (nSPS) is 27.4. The molecule has 4 heteroatoms. The fraction of sp³-hybridized carbons (Fsp3) is 0.500. The van der Waals surface area contributed by atoms with Gasteiger partial charge in [-0.15, -0.1) is 0 Å². The topological polar surface area (TPSA) is 55.8 Å². The van der Waals surface area contributed by atoms with Crippen molar-refractivity contribution in [2.24, 2.45) is 11.8 Å². The Labute approximate surface area is 178 Å². The zero-order chi connectivity index (χ0) is 20.8. The van der Waals surface area contributed by atoms with E-state index in [1.165, 1.54) is 16.3 Å². The van der Waals surface area contributed by atoms with E-state index in [9.17, 15) is 9.90 Å². The van der Waals surface area contributed by atoms with Crippen molar-refractivity contribution in [3.63, 3.8) is 0 Å². The molecule has 5 unspecified atom stereocenters. The van der Waals surface area contributed by atoms with E-state index in [0.29, 0.717) is 19.3 Å². The van der Waals surface area contributed by atoms with Gasteiger partial charge in [0, 0.05) is 31.3 Å². The van der Waals surface area contributed by atoms with Gasteiger partial charge in [0.15, 0.2) is 6.29 Å². The van der Waals surface area contributed by atoms with Crippen LogP contribution in [0.5, 0.6) is 0 Å². The number of benzene rings is 2. The third-order valence-corrected chi connectivity index (χ3v) is 6.27. The molecule has 0 radical (unpaired) electrons. The first-order chi connectivity index (χ1) is 14.7. The molecule has 4 nitrogen and oxygen atoms in total. The van der Waals surface area contributed by atoms with Crippen molar-refractivity contribution in [2.75, 3.05) is 6.61 Å². The molecule has 30 heavy (non-hydrogen) atoms. The van der Waals surface area contributed by atoms with Crippen molar-refractivity contribution in [2.45, 2.75) is 63.4 Å². The van der Waals surface area contributed by atoms with Crippen LogP contribution in [-0.2, 0) is 20.7 Å². The number of carbonyl (C=O) groups is 1. The molecule has 4 rings (SSSR count). The molecule has 5 atom stereocenters. The van der Waals surface area contributed by atoms with Gasteiger partial charge in [0.25, 0.3) is 0 Å². The maximum Gasteiger partial charge on any atom is 0.159 e. The number of fused-ring (bicyclic) bond motifs is 1. The number of ether oxygens (including phenoxy) is 2. The zero-order valence-electron chi connectivity index (χ0n) is 17.3. The number of rotatable bonds is 6. The molecule has 1 saturated heterocycles. The van der Waals surface area contributed by atoms with Gasteiger partial charge in [-0.1, -0.05) is 54.3 Å². The van der Waals surface area contributed by atoms with Crippen LogP contribution in [0.4, 0.5) is 0 Å². The number of hydrogen-bond donors (Lipinski definition) is 1. The van der Waals surface area contributed by atoms with Crippen LogP contribution in [0.1, 0.15) is 44.1 Å². The summed E-state index contributed by atoms with van der Waals surface area (Å²) in [5.41, 5.74) is 1.18. The first-order valence-corrected chi connectivity index (χ1v) is 11.1. The van der Waals surface area contributed by atoms with Gasteiger partial charge in [0.05, 0.1) is 6.10 Å². The van der Waals surface area contributed by atoms with Crippen molar-refractivity contribution in [3.8, 4) is 11.8 Å². The van der Waals surface area contributed by atoms with E-state index in [4.69, 9.17) is 9.47 Å². The number of hydrogen-bond acceptors (Lipinski definition) is 4. The van der Waals surface area contributed by atoms with Crippen molar-refractivity contribution in [1.29, 1.82) is 0 Å². The van der Waals surface area contributed by atoms with Crippen LogP contribution in [0.3, 0.4) is 0 Å². The molecule has 2 aromatic carbocycles. The summed E-state index contributed by atoms with van der Waals surface area (Å²) in [4.78, 5) is 11.0. The lowest BCUT2D eigenvalue weighted by Gasteiger charge is -2.26. The van der Waals surface area contributed by atoms with Gasteiger partial charge in [-0.3, -0.25) is 0 Å². The lowest BCUT2D eigenvalue weighted by atomic mass is 9.92. The smallest absolute Gasteiger partial charge is 0.159 e. The summed E-state index contributed by atoms with van der Waals surface area (Å²) in [6, 6.07) is 14.8. The van der Waals surface area contributed by atoms with Crippen molar-refractivity contribution in [1.82, 2.24) is 0 Å². The average molecular weight is 407 g/mol. The standard InChI is InChI=1S/C26H30O4/c27-15-14-24-21(11-13-25(24)28)10-12-23(30-26-7-3-4-16-29-26)18-19-8-9-20-5-1-2-6-22(20)17-19/h1-2,5-6,8-9,15,17,21,23-26,28H,3-4,7,11,13-14,16,18H2. The number of aldehydes is 1. The molecule has 0 bridgehead atoms. The first-order valence-electron chi connectivity index (χ1n) is 11.1. The molecule has 0 amide bonds. The summed E-state index contributed by atoms with van der Waals surface area (Å²) < 4.78 is 12.1. The molecule has 0 aromatic heterocycles. The quantitative estimate of drug-likeness (QED) is 0.575. The van der Waals surface area contributed by atoms with Gasteiger partial charge in [-0.25, -0.2) is 0 Å². The summed E-state index contributed by atoms with van der Waals surface area (Å²) >= 11 is 0. The predicted molar refractivity (Wildman–Crippen MR) is 117 cm³/mol. The predicted octanol–water partition coefficient (Wildman–Crippen LogP) is 4.27. The number of aliphatic hydroxyl groups excluding tert-OH is 1. The highest BCUT2D eigenvalue weighted by Crippen LogP contribution is 2.33. The second-order valence-corrected chi connectivity index (χ2v) is 8.41. The molecule has 1 aliphatic heterocycles. The second kappa shape index (κ2) is 10.2. The Hall–Kier alpha value is -2.19. The monoisotopic (exact) mass is 406 g/mol. The van der Waals surface area contributed by atoms with Crippen LogP contribution < -0.4 is 0 Å². The van der Waals surface area contributed by atoms with Crippen LogP contribution in [0, 0.1) is 23.7 Å². The van der Waals surface area contributed by atoms with Gasteiger partial charge in [0.2, 0.25) is 0 Å². The Morgan fingerprint density at radius 3 is 2.80 bits per heavy atom. The second-order valence-electron chi connectivity index (χ2n) is 8.41. The third-order valence-electron chi connectivity index (χ3n) is 6.27. The Balaban J connectivity index is 1.52. The minimum atomic E-state index is -0.434. The lowest BCUT2D eigenvalue weighted by molar-refractivity contribution is -0.176. The first kappa shape index (κ1) is 21.1. The molecule has 2 fully saturated rings. The maximum atomic E-state index is 11.0. The van der Waals surface area contributed by atoms with Crippen LogP contribution >= 0.6 is 0 Å². The van der Waals surface area contributed by atoms with E-state index < -0.39 is 6.10 Å². The van der Waals surface area contributed by atoms with E-state index in [-0.39, 0.29) is 24.2 Å². The Morgan fingerprint density at radius 1 is 1.13 bits per heavy atom. The summed E-state index contributed by atoms with van der Waals surface area (Å²) in [6.07, 6.45) is 5.64. The molecule has 2 aliphatic rings. The van der Waals surface area contributed by atoms with E-state index in [2.05, 4.69) is 42.2 Å². The molecule has 1 N–H and O–H groups in total. The zero-order valence-corrected chi connectivity index (χ0v) is 17.3.